The van der Waals surface area contributed by atoms with Gasteiger partial charge in [0.15, 0.2) is 5.78 Å². The fourth-order valence-electron chi connectivity index (χ4n) is 1.94. The summed E-state index contributed by atoms with van der Waals surface area (Å²) < 4.78 is 27.4. The molecule has 0 aromatic heterocycles. The van der Waals surface area contributed by atoms with Crippen molar-refractivity contribution in [2.75, 3.05) is 4.72 Å². The lowest BCUT2D eigenvalue weighted by Crippen LogP contribution is -2.16. The average Bonchev–Trinajstić information content (AvgIpc) is 2.41. The van der Waals surface area contributed by atoms with Crippen molar-refractivity contribution in [1.82, 2.24) is 0 Å². The molecule has 0 unspecified atom stereocenters. The number of rotatable bonds is 4. The second-order valence-corrected chi connectivity index (χ2v) is 6.70. The fraction of sp³-hybridized carbons (Fsp3) is 0.133. The Hall–Kier alpha value is -1.85. The lowest BCUT2D eigenvalue weighted by molar-refractivity contribution is 0.101. The van der Waals surface area contributed by atoms with Gasteiger partial charge in [-0.15, -0.1) is 0 Å². The van der Waals surface area contributed by atoms with Crippen molar-refractivity contribution in [3.05, 3.63) is 58.6 Å². The van der Waals surface area contributed by atoms with E-state index in [1.165, 1.54) is 13.0 Å². The fourth-order valence-corrected chi connectivity index (χ4v) is 3.53. The molecule has 1 N–H and O–H groups in total. The SMILES string of the molecule is CC(=O)c1ccccc1NS(=O)(=O)c1cc(Cl)ccc1C. The molecule has 0 amide bonds. The second kappa shape index (κ2) is 5.87. The van der Waals surface area contributed by atoms with E-state index in [0.717, 1.165) is 0 Å². The van der Waals surface area contributed by atoms with E-state index >= 15 is 0 Å². The van der Waals surface area contributed by atoms with Gasteiger partial charge in [-0.3, -0.25) is 9.52 Å². The van der Waals surface area contributed by atoms with Crippen LogP contribution in [0.25, 0.3) is 0 Å². The monoisotopic (exact) mass is 323 g/mol. The van der Waals surface area contributed by atoms with Gasteiger partial charge in [0.05, 0.1) is 10.6 Å². The third-order valence-electron chi connectivity index (χ3n) is 2.99. The number of Topliss-reactive ketones (excluding diaryl/α,β-unsaturated/α-hetero) is 1. The maximum atomic E-state index is 12.5. The summed E-state index contributed by atoms with van der Waals surface area (Å²) in [5.74, 6) is -0.212. The lowest BCUT2D eigenvalue weighted by atomic mass is 10.1. The molecular formula is C15H14ClNO3S. The first-order valence-electron chi connectivity index (χ1n) is 6.20. The van der Waals surface area contributed by atoms with Crippen LogP contribution in [0.1, 0.15) is 22.8 Å². The van der Waals surface area contributed by atoms with E-state index in [1.807, 2.05) is 0 Å². The number of benzene rings is 2. The molecule has 0 bridgehead atoms. The highest BCUT2D eigenvalue weighted by Gasteiger charge is 2.19. The Morgan fingerprint density at radius 1 is 1.14 bits per heavy atom. The van der Waals surface area contributed by atoms with Crippen molar-refractivity contribution in [2.45, 2.75) is 18.7 Å². The third kappa shape index (κ3) is 3.43. The van der Waals surface area contributed by atoms with Crippen LogP contribution in [0.2, 0.25) is 5.02 Å². The molecule has 0 spiro atoms. The van der Waals surface area contributed by atoms with Crippen molar-refractivity contribution < 1.29 is 13.2 Å². The van der Waals surface area contributed by atoms with Crippen molar-refractivity contribution in [1.29, 1.82) is 0 Å². The molecule has 2 rings (SSSR count). The first-order valence-corrected chi connectivity index (χ1v) is 8.06. The van der Waals surface area contributed by atoms with Crippen LogP contribution in [0.4, 0.5) is 5.69 Å². The number of carbonyl (C=O) groups is 1. The van der Waals surface area contributed by atoms with Crippen LogP contribution in [0.15, 0.2) is 47.4 Å². The first kappa shape index (κ1) is 15.5. The van der Waals surface area contributed by atoms with Gasteiger partial charge in [-0.25, -0.2) is 8.42 Å². The summed E-state index contributed by atoms with van der Waals surface area (Å²) >= 11 is 5.86. The molecule has 6 heteroatoms. The molecule has 0 aliphatic heterocycles. The molecule has 0 saturated carbocycles. The zero-order valence-electron chi connectivity index (χ0n) is 11.6. The minimum atomic E-state index is -3.81. The number of nitrogens with one attached hydrogen (secondary N) is 1. The smallest absolute Gasteiger partial charge is 0.262 e. The maximum Gasteiger partial charge on any atom is 0.262 e. The highest BCUT2D eigenvalue weighted by molar-refractivity contribution is 7.92. The molecule has 0 aliphatic rings. The summed E-state index contributed by atoms with van der Waals surface area (Å²) in [4.78, 5) is 11.6. The second-order valence-electron chi connectivity index (χ2n) is 4.62. The van der Waals surface area contributed by atoms with Crippen LogP contribution >= 0.6 is 11.6 Å². The normalized spacial score (nSPS) is 11.2. The molecule has 4 nitrogen and oxygen atoms in total. The van der Waals surface area contributed by atoms with Crippen LogP contribution in [-0.4, -0.2) is 14.2 Å². The predicted molar refractivity (Wildman–Crippen MR) is 83.4 cm³/mol. The Morgan fingerprint density at radius 3 is 2.48 bits per heavy atom. The predicted octanol–water partition coefficient (Wildman–Crippen LogP) is 3.65. The molecule has 0 fully saturated rings. The largest absolute Gasteiger partial charge is 0.294 e. The first-order chi connectivity index (χ1) is 9.81. The van der Waals surface area contributed by atoms with Gasteiger partial charge in [0.1, 0.15) is 0 Å². The molecule has 0 saturated heterocycles. The van der Waals surface area contributed by atoms with Crippen molar-refractivity contribution in [2.24, 2.45) is 0 Å². The topological polar surface area (TPSA) is 63.2 Å². The van der Waals surface area contributed by atoms with E-state index in [4.69, 9.17) is 11.6 Å². The summed E-state index contributed by atoms with van der Waals surface area (Å²) in [6, 6.07) is 11.1. The summed E-state index contributed by atoms with van der Waals surface area (Å²) in [5, 5.41) is 0.334. The van der Waals surface area contributed by atoms with Gasteiger partial charge in [0, 0.05) is 10.6 Å². The molecule has 0 heterocycles. The molecule has 110 valence electrons. The highest BCUT2D eigenvalue weighted by Crippen LogP contribution is 2.24. The quantitative estimate of drug-likeness (QED) is 0.873. The minimum Gasteiger partial charge on any atom is -0.294 e. The number of hydrogen-bond acceptors (Lipinski definition) is 3. The van der Waals surface area contributed by atoms with Gasteiger partial charge in [0.25, 0.3) is 10.0 Å². The van der Waals surface area contributed by atoms with E-state index in [9.17, 15) is 13.2 Å². The Balaban J connectivity index is 2.48. The summed E-state index contributed by atoms with van der Waals surface area (Å²) in [6.07, 6.45) is 0. The van der Waals surface area contributed by atoms with Crippen LogP contribution < -0.4 is 4.72 Å². The standard InChI is InChI=1S/C15H14ClNO3S/c1-10-7-8-12(16)9-15(10)21(19,20)17-14-6-4-3-5-13(14)11(2)18/h3-9,17H,1-2H3. The molecule has 21 heavy (non-hydrogen) atoms. The Labute approximate surface area is 128 Å². The summed E-state index contributed by atoms with van der Waals surface area (Å²) in [7, 11) is -3.81. The number of ketones is 1. The van der Waals surface area contributed by atoms with Gasteiger partial charge in [0.2, 0.25) is 0 Å². The van der Waals surface area contributed by atoms with Crippen LogP contribution in [-0.2, 0) is 10.0 Å². The third-order valence-corrected chi connectivity index (χ3v) is 4.73. The molecule has 2 aromatic carbocycles. The number of aryl methyl sites for hydroxylation is 1. The molecule has 0 radical (unpaired) electrons. The molecule has 2 aromatic rings. The molecular weight excluding hydrogens is 310 g/mol. The summed E-state index contributed by atoms with van der Waals surface area (Å²) in [6.45, 7) is 3.07. The van der Waals surface area contributed by atoms with Crippen molar-refractivity contribution in [3.8, 4) is 0 Å². The number of para-hydroxylation sites is 1. The van der Waals surface area contributed by atoms with E-state index in [2.05, 4.69) is 4.72 Å². The van der Waals surface area contributed by atoms with E-state index in [1.54, 1.807) is 43.3 Å². The Morgan fingerprint density at radius 2 is 1.81 bits per heavy atom. The Bertz CT molecular complexity index is 800. The lowest BCUT2D eigenvalue weighted by Gasteiger charge is -2.13. The van der Waals surface area contributed by atoms with Gasteiger partial charge in [-0.05, 0) is 43.7 Å². The zero-order valence-corrected chi connectivity index (χ0v) is 13.1. The number of anilines is 1. The number of carbonyl (C=O) groups excluding carboxylic acids is 1. The zero-order chi connectivity index (χ0) is 15.6. The summed E-state index contributed by atoms with van der Waals surface area (Å²) in [5.41, 5.74) is 1.15. The number of halogens is 1. The van der Waals surface area contributed by atoms with Gasteiger partial charge in [-0.2, -0.15) is 0 Å². The van der Waals surface area contributed by atoms with Gasteiger partial charge in [-0.1, -0.05) is 29.8 Å². The van der Waals surface area contributed by atoms with E-state index in [-0.39, 0.29) is 16.4 Å². The Kier molecular flexibility index (Phi) is 4.34. The van der Waals surface area contributed by atoms with Crippen LogP contribution in [0, 0.1) is 6.92 Å². The van der Waals surface area contributed by atoms with Crippen molar-refractivity contribution in [3.63, 3.8) is 0 Å². The molecule has 0 atom stereocenters. The number of sulfonamides is 1. The maximum absolute atomic E-state index is 12.5. The van der Waals surface area contributed by atoms with E-state index in [0.29, 0.717) is 16.1 Å². The van der Waals surface area contributed by atoms with Gasteiger partial charge < -0.3 is 0 Å². The van der Waals surface area contributed by atoms with Gasteiger partial charge >= 0.3 is 0 Å². The number of hydrogen-bond donors (Lipinski definition) is 1. The highest BCUT2D eigenvalue weighted by atomic mass is 35.5. The van der Waals surface area contributed by atoms with Crippen LogP contribution in [0.5, 0.6) is 0 Å². The average molecular weight is 324 g/mol. The van der Waals surface area contributed by atoms with Crippen LogP contribution in [0.3, 0.4) is 0 Å². The van der Waals surface area contributed by atoms with E-state index < -0.39 is 10.0 Å². The van der Waals surface area contributed by atoms with Crippen molar-refractivity contribution >= 4 is 33.1 Å². The molecule has 0 aliphatic carbocycles. The minimum absolute atomic E-state index is 0.0911.